The van der Waals surface area contributed by atoms with Crippen molar-refractivity contribution in [1.82, 2.24) is 24.5 Å². The summed E-state index contributed by atoms with van der Waals surface area (Å²) in [4.78, 5) is 1.95. The molecule has 0 saturated heterocycles. The highest BCUT2D eigenvalue weighted by molar-refractivity contribution is 7.80. The van der Waals surface area contributed by atoms with E-state index < -0.39 is 0 Å². The summed E-state index contributed by atoms with van der Waals surface area (Å²) < 4.78 is 3.62. The summed E-state index contributed by atoms with van der Waals surface area (Å²) in [5, 5.41) is 13.7. The molecule has 0 aliphatic heterocycles. The normalized spacial score (nSPS) is 10.9. The Morgan fingerprint density at radius 2 is 1.96 bits per heavy atom. The van der Waals surface area contributed by atoms with Crippen molar-refractivity contribution >= 4 is 46.4 Å². The number of hydrogen-bond donors (Lipinski definition) is 1. The Bertz CT molecular complexity index is 944. The molecule has 6 nitrogen and oxygen atoms in total. The molecule has 0 aliphatic carbocycles. The van der Waals surface area contributed by atoms with E-state index in [0.717, 1.165) is 16.8 Å². The van der Waals surface area contributed by atoms with Gasteiger partial charge in [-0.1, -0.05) is 29.3 Å². The van der Waals surface area contributed by atoms with Crippen molar-refractivity contribution in [2.75, 3.05) is 12.4 Å². The lowest BCUT2D eigenvalue weighted by Gasteiger charge is -2.20. The minimum absolute atomic E-state index is 0.484. The molecule has 3 aromatic rings. The van der Waals surface area contributed by atoms with Crippen LogP contribution in [0.15, 0.2) is 36.7 Å². The van der Waals surface area contributed by atoms with Gasteiger partial charge in [-0.25, -0.2) is 0 Å². The second-order valence-corrected chi connectivity index (χ2v) is 7.46. The first-order chi connectivity index (χ1) is 12.8. The Morgan fingerprint density at radius 1 is 1.26 bits per heavy atom. The number of thiocarbonyl (C=S) groups is 1. The van der Waals surface area contributed by atoms with E-state index in [4.69, 9.17) is 35.4 Å². The number of hydrogen-bond acceptors (Lipinski definition) is 3. The van der Waals surface area contributed by atoms with Gasteiger partial charge in [-0.15, -0.1) is 0 Å². The Hall–Kier alpha value is -2.09. The van der Waals surface area contributed by atoms with Gasteiger partial charge >= 0.3 is 0 Å². The summed E-state index contributed by atoms with van der Waals surface area (Å²) >= 11 is 17.9. The number of aryl methyl sites for hydroxylation is 1. The first-order valence-corrected chi connectivity index (χ1v) is 9.47. The summed E-state index contributed by atoms with van der Waals surface area (Å²) in [6.07, 6.45) is 3.71. The molecular weight excluding hydrogens is 403 g/mol. The van der Waals surface area contributed by atoms with Crippen molar-refractivity contribution in [3.05, 3.63) is 63.5 Å². The van der Waals surface area contributed by atoms with Gasteiger partial charge in [0.2, 0.25) is 0 Å². The lowest BCUT2D eigenvalue weighted by Crippen LogP contribution is -2.31. The van der Waals surface area contributed by atoms with Crippen molar-refractivity contribution in [3.63, 3.8) is 0 Å². The maximum absolute atomic E-state index is 6.23. The number of anilines is 1. The molecule has 0 atom stereocenters. The third-order valence-electron chi connectivity index (χ3n) is 4.35. The standard InChI is InChI=1S/C18H20Cl2N6S/c1-12-13(9-21-25(12)3)10-24(2)18(27)22-17-7-8-26(23-17)11-14-15(19)5-4-6-16(14)20/h4-9H,10-11H2,1-3H3,(H,22,23,27). The van der Waals surface area contributed by atoms with Crippen molar-refractivity contribution < 1.29 is 0 Å². The number of benzene rings is 1. The summed E-state index contributed by atoms with van der Waals surface area (Å²) in [5.41, 5.74) is 3.08. The molecule has 0 bridgehead atoms. The molecule has 142 valence electrons. The first-order valence-electron chi connectivity index (χ1n) is 8.31. The summed E-state index contributed by atoms with van der Waals surface area (Å²) in [6, 6.07) is 7.31. The van der Waals surface area contributed by atoms with Gasteiger partial charge in [0.15, 0.2) is 10.9 Å². The van der Waals surface area contributed by atoms with Crippen LogP contribution in [0.25, 0.3) is 0 Å². The van der Waals surface area contributed by atoms with Crippen molar-refractivity contribution in [1.29, 1.82) is 0 Å². The molecule has 9 heteroatoms. The Balaban J connectivity index is 1.63. The van der Waals surface area contributed by atoms with Crippen LogP contribution in [0.1, 0.15) is 16.8 Å². The highest BCUT2D eigenvalue weighted by atomic mass is 35.5. The van der Waals surface area contributed by atoms with E-state index in [-0.39, 0.29) is 0 Å². The molecule has 0 unspecified atom stereocenters. The van der Waals surface area contributed by atoms with Crippen LogP contribution in [-0.2, 0) is 20.1 Å². The van der Waals surface area contributed by atoms with E-state index in [9.17, 15) is 0 Å². The lowest BCUT2D eigenvalue weighted by molar-refractivity contribution is 0.506. The predicted octanol–water partition coefficient (Wildman–Crippen LogP) is 4.11. The fourth-order valence-electron chi connectivity index (χ4n) is 2.59. The van der Waals surface area contributed by atoms with Gasteiger partial charge in [0, 0.05) is 59.8 Å². The van der Waals surface area contributed by atoms with Gasteiger partial charge in [0.25, 0.3) is 0 Å². The van der Waals surface area contributed by atoms with Crippen LogP contribution < -0.4 is 5.32 Å². The third kappa shape index (κ3) is 4.61. The zero-order valence-corrected chi connectivity index (χ0v) is 17.6. The van der Waals surface area contributed by atoms with E-state index >= 15 is 0 Å². The average molecular weight is 423 g/mol. The van der Waals surface area contributed by atoms with Gasteiger partial charge in [-0.2, -0.15) is 10.2 Å². The van der Waals surface area contributed by atoms with Gasteiger partial charge < -0.3 is 10.2 Å². The average Bonchev–Trinajstić information content (AvgIpc) is 3.19. The van der Waals surface area contributed by atoms with Crippen LogP contribution in [0.2, 0.25) is 10.0 Å². The quantitative estimate of drug-likeness (QED) is 0.626. The van der Waals surface area contributed by atoms with E-state index in [2.05, 4.69) is 15.5 Å². The molecular formula is C18H20Cl2N6S. The number of halogens is 2. The zero-order valence-electron chi connectivity index (χ0n) is 15.3. The van der Waals surface area contributed by atoms with Gasteiger partial charge in [-0.3, -0.25) is 9.36 Å². The molecule has 0 saturated carbocycles. The van der Waals surface area contributed by atoms with Crippen LogP contribution in [0.3, 0.4) is 0 Å². The highest BCUT2D eigenvalue weighted by Gasteiger charge is 2.12. The molecule has 0 spiro atoms. The molecule has 2 heterocycles. The summed E-state index contributed by atoms with van der Waals surface area (Å²) in [6.45, 7) is 3.19. The van der Waals surface area contributed by atoms with E-state index in [1.807, 2.05) is 67.3 Å². The Morgan fingerprint density at radius 3 is 2.59 bits per heavy atom. The van der Waals surface area contributed by atoms with E-state index in [1.165, 1.54) is 0 Å². The van der Waals surface area contributed by atoms with Crippen LogP contribution in [0.5, 0.6) is 0 Å². The van der Waals surface area contributed by atoms with Crippen LogP contribution in [-0.4, -0.2) is 36.6 Å². The van der Waals surface area contributed by atoms with E-state index in [1.54, 1.807) is 4.68 Å². The number of rotatable bonds is 5. The van der Waals surface area contributed by atoms with Crippen molar-refractivity contribution in [2.24, 2.45) is 7.05 Å². The van der Waals surface area contributed by atoms with Crippen molar-refractivity contribution in [2.45, 2.75) is 20.0 Å². The monoisotopic (exact) mass is 422 g/mol. The van der Waals surface area contributed by atoms with Gasteiger partial charge in [-0.05, 0) is 31.3 Å². The Labute approximate surface area is 173 Å². The van der Waals surface area contributed by atoms with Crippen LogP contribution >= 0.6 is 35.4 Å². The third-order valence-corrected chi connectivity index (χ3v) is 5.47. The zero-order chi connectivity index (χ0) is 19.6. The fourth-order valence-corrected chi connectivity index (χ4v) is 3.28. The molecule has 2 aromatic heterocycles. The maximum Gasteiger partial charge on any atom is 0.174 e. The molecule has 0 fully saturated rings. The second-order valence-electron chi connectivity index (χ2n) is 6.26. The lowest BCUT2D eigenvalue weighted by atomic mass is 10.2. The smallest absolute Gasteiger partial charge is 0.174 e. The molecule has 0 aliphatic rings. The number of nitrogens with one attached hydrogen (secondary N) is 1. The number of nitrogens with zero attached hydrogens (tertiary/aromatic N) is 5. The molecule has 0 amide bonds. The topological polar surface area (TPSA) is 50.9 Å². The van der Waals surface area contributed by atoms with Gasteiger partial charge in [0.1, 0.15) is 0 Å². The second kappa shape index (κ2) is 8.29. The molecule has 1 N–H and O–H groups in total. The molecule has 0 radical (unpaired) electrons. The fraction of sp³-hybridized carbons (Fsp3) is 0.278. The van der Waals surface area contributed by atoms with Crippen LogP contribution in [0.4, 0.5) is 5.82 Å². The minimum Gasteiger partial charge on any atom is -0.348 e. The highest BCUT2D eigenvalue weighted by Crippen LogP contribution is 2.25. The first kappa shape index (κ1) is 19.7. The SMILES string of the molecule is Cc1c(CN(C)C(=S)Nc2ccn(Cc3c(Cl)cccc3Cl)n2)cnn1C. The van der Waals surface area contributed by atoms with E-state index in [0.29, 0.717) is 34.1 Å². The molecule has 1 aromatic carbocycles. The number of aromatic nitrogens is 4. The van der Waals surface area contributed by atoms with Crippen LogP contribution in [0, 0.1) is 6.92 Å². The largest absolute Gasteiger partial charge is 0.348 e. The van der Waals surface area contributed by atoms with Crippen molar-refractivity contribution in [3.8, 4) is 0 Å². The molecule has 3 rings (SSSR count). The molecule has 27 heavy (non-hydrogen) atoms. The minimum atomic E-state index is 0.484. The maximum atomic E-state index is 6.23. The summed E-state index contributed by atoms with van der Waals surface area (Å²) in [7, 11) is 3.86. The van der Waals surface area contributed by atoms with Gasteiger partial charge in [0.05, 0.1) is 12.7 Å². The Kier molecular flexibility index (Phi) is 6.04. The summed E-state index contributed by atoms with van der Waals surface area (Å²) in [5.74, 6) is 0.665. The predicted molar refractivity (Wildman–Crippen MR) is 113 cm³/mol.